The summed E-state index contributed by atoms with van der Waals surface area (Å²) in [5, 5.41) is 0.262. The summed E-state index contributed by atoms with van der Waals surface area (Å²) in [6.07, 6.45) is 4.21. The number of nitrogens with zero attached hydrogens (tertiary/aromatic N) is 2. The van der Waals surface area contributed by atoms with Crippen molar-refractivity contribution in [2.45, 2.75) is 51.0 Å². The second-order valence-corrected chi connectivity index (χ2v) is 7.27. The summed E-state index contributed by atoms with van der Waals surface area (Å²) in [5.74, 6) is -0.502. The Morgan fingerprint density at radius 3 is 2.68 bits per heavy atom. The van der Waals surface area contributed by atoms with Crippen LogP contribution >= 0.6 is 11.6 Å². The van der Waals surface area contributed by atoms with Crippen molar-refractivity contribution in [3.05, 3.63) is 23.0 Å². The number of halogens is 1. The van der Waals surface area contributed by atoms with Crippen LogP contribution in [0.2, 0.25) is 5.15 Å². The number of hydrogen-bond donors (Lipinski definition) is 0. The van der Waals surface area contributed by atoms with E-state index in [0.717, 1.165) is 24.8 Å². The van der Waals surface area contributed by atoms with Gasteiger partial charge in [0.2, 0.25) is 5.91 Å². The number of ether oxygens (including phenoxy) is 1. The summed E-state index contributed by atoms with van der Waals surface area (Å²) in [7, 11) is 0. The van der Waals surface area contributed by atoms with Crippen molar-refractivity contribution in [2.75, 3.05) is 11.4 Å². The fraction of sp³-hybridized carbons (Fsp3) is 0.562. The maximum Gasteiger partial charge on any atom is 0.326 e. The third-order valence-corrected chi connectivity index (χ3v) is 4.51. The van der Waals surface area contributed by atoms with Gasteiger partial charge in [-0.1, -0.05) is 18.0 Å². The first-order valence-corrected chi connectivity index (χ1v) is 7.81. The predicted molar refractivity (Wildman–Crippen MR) is 83.0 cm³/mol. The van der Waals surface area contributed by atoms with Gasteiger partial charge in [0.05, 0.1) is 11.1 Å². The third-order valence-electron chi connectivity index (χ3n) is 4.23. The molecule has 2 heterocycles. The summed E-state index contributed by atoms with van der Waals surface area (Å²) >= 11 is 6.20. The monoisotopic (exact) mass is 322 g/mol. The highest BCUT2D eigenvalue weighted by atomic mass is 35.5. The van der Waals surface area contributed by atoms with E-state index in [1.165, 1.54) is 4.90 Å². The van der Waals surface area contributed by atoms with Crippen molar-refractivity contribution >= 4 is 29.2 Å². The fourth-order valence-electron chi connectivity index (χ4n) is 3.21. The molecule has 3 rings (SSSR count). The van der Waals surface area contributed by atoms with Crippen LogP contribution in [-0.2, 0) is 19.7 Å². The zero-order valence-electron chi connectivity index (χ0n) is 13.0. The van der Waals surface area contributed by atoms with Gasteiger partial charge in [-0.3, -0.25) is 14.5 Å². The lowest BCUT2D eigenvalue weighted by Crippen LogP contribution is -2.47. The van der Waals surface area contributed by atoms with Crippen LogP contribution in [0, 0.1) is 0 Å². The maximum atomic E-state index is 12.9. The summed E-state index contributed by atoms with van der Waals surface area (Å²) in [4.78, 5) is 30.5. The van der Waals surface area contributed by atoms with E-state index in [0.29, 0.717) is 5.69 Å². The summed E-state index contributed by atoms with van der Waals surface area (Å²) in [6.45, 7) is 5.27. The zero-order chi connectivity index (χ0) is 16.1. The van der Waals surface area contributed by atoms with E-state index in [1.54, 1.807) is 27.0 Å². The number of carbonyl (C=O) groups excluding carboxylic acids is 2. The first kappa shape index (κ1) is 15.3. The molecule has 1 fully saturated rings. The molecule has 1 aromatic heterocycles. The first-order chi connectivity index (χ1) is 10.2. The number of hydrogen-bond acceptors (Lipinski definition) is 4. The Bertz CT molecular complexity index is 647. The molecule has 0 aromatic carbocycles. The van der Waals surface area contributed by atoms with Crippen LogP contribution < -0.4 is 4.90 Å². The van der Waals surface area contributed by atoms with E-state index in [-0.39, 0.29) is 17.6 Å². The zero-order valence-corrected chi connectivity index (χ0v) is 13.7. The molecule has 0 N–H and O–H groups in total. The molecule has 118 valence electrons. The Morgan fingerprint density at radius 1 is 1.45 bits per heavy atom. The van der Waals surface area contributed by atoms with Crippen molar-refractivity contribution in [2.24, 2.45) is 0 Å². The van der Waals surface area contributed by atoms with Crippen LogP contribution in [0.15, 0.2) is 12.3 Å². The lowest BCUT2D eigenvalue weighted by atomic mass is 9.65. The molecule has 1 aliphatic heterocycles. The lowest BCUT2D eigenvalue weighted by Gasteiger charge is -2.36. The van der Waals surface area contributed by atoms with Crippen LogP contribution in [0.25, 0.3) is 0 Å². The number of carbonyl (C=O) groups is 2. The second kappa shape index (κ2) is 4.95. The Morgan fingerprint density at radius 2 is 2.14 bits per heavy atom. The topological polar surface area (TPSA) is 59.5 Å². The quantitative estimate of drug-likeness (QED) is 0.620. The largest absolute Gasteiger partial charge is 0.459 e. The summed E-state index contributed by atoms with van der Waals surface area (Å²) in [5.41, 5.74) is 0.367. The SMILES string of the molecule is CC(C)(C)OC(=O)CN1C(=O)C2(CCC2)c2ccnc(Cl)c21. The van der Waals surface area contributed by atoms with Gasteiger partial charge in [-0.25, -0.2) is 4.98 Å². The molecule has 1 saturated carbocycles. The standard InChI is InChI=1S/C16H19ClN2O3/c1-15(2,3)22-11(20)9-19-12-10(5-8-18-13(12)17)16(14(19)21)6-4-7-16/h5,8H,4,6-7,9H2,1-3H3. The van der Waals surface area contributed by atoms with Crippen LogP contribution in [0.1, 0.15) is 45.6 Å². The second-order valence-electron chi connectivity index (χ2n) is 6.91. The van der Waals surface area contributed by atoms with Gasteiger partial charge in [-0.2, -0.15) is 0 Å². The molecule has 0 unspecified atom stereocenters. The number of esters is 1. The number of aromatic nitrogens is 1. The van der Waals surface area contributed by atoms with Crippen molar-refractivity contribution in [3.63, 3.8) is 0 Å². The predicted octanol–water partition coefficient (Wildman–Crippen LogP) is 2.85. The number of amides is 1. The van der Waals surface area contributed by atoms with E-state index < -0.39 is 17.0 Å². The Hall–Kier alpha value is -1.62. The minimum absolute atomic E-state index is 0.0606. The summed E-state index contributed by atoms with van der Waals surface area (Å²) in [6, 6.07) is 1.84. The van der Waals surface area contributed by atoms with E-state index in [9.17, 15) is 9.59 Å². The van der Waals surface area contributed by atoms with Crippen LogP contribution in [0.4, 0.5) is 5.69 Å². The average molecular weight is 323 g/mol. The van der Waals surface area contributed by atoms with Gasteiger partial charge in [0.15, 0.2) is 5.15 Å². The molecule has 22 heavy (non-hydrogen) atoms. The molecule has 6 heteroatoms. The normalized spacial score (nSPS) is 19.1. The van der Waals surface area contributed by atoms with E-state index in [1.807, 2.05) is 6.07 Å². The Labute approximate surface area is 134 Å². The first-order valence-electron chi connectivity index (χ1n) is 7.43. The highest BCUT2D eigenvalue weighted by Gasteiger charge is 2.55. The molecular weight excluding hydrogens is 304 g/mol. The van der Waals surface area contributed by atoms with Gasteiger partial charge in [0.1, 0.15) is 12.1 Å². The number of rotatable bonds is 2. The Balaban J connectivity index is 1.93. The molecule has 0 radical (unpaired) electrons. The molecule has 0 bridgehead atoms. The minimum Gasteiger partial charge on any atom is -0.459 e. The molecule has 2 aliphatic rings. The highest BCUT2D eigenvalue weighted by Crippen LogP contribution is 2.54. The maximum absolute atomic E-state index is 12.9. The van der Waals surface area contributed by atoms with Crippen LogP contribution in [-0.4, -0.2) is 29.0 Å². The van der Waals surface area contributed by atoms with Crippen molar-refractivity contribution in [1.82, 2.24) is 4.98 Å². The number of fused-ring (bicyclic) bond motifs is 2. The molecule has 1 aromatic rings. The van der Waals surface area contributed by atoms with Crippen LogP contribution in [0.3, 0.4) is 0 Å². The highest BCUT2D eigenvalue weighted by molar-refractivity contribution is 6.34. The van der Waals surface area contributed by atoms with Gasteiger partial charge in [0, 0.05) is 6.20 Å². The third kappa shape index (κ3) is 2.28. The molecule has 5 nitrogen and oxygen atoms in total. The van der Waals surface area contributed by atoms with Gasteiger partial charge < -0.3 is 4.74 Å². The molecule has 1 spiro atoms. The smallest absolute Gasteiger partial charge is 0.326 e. The Kier molecular flexibility index (Phi) is 3.44. The van der Waals surface area contributed by atoms with Gasteiger partial charge in [0.25, 0.3) is 0 Å². The molecule has 0 atom stereocenters. The van der Waals surface area contributed by atoms with Gasteiger partial charge in [-0.15, -0.1) is 0 Å². The van der Waals surface area contributed by atoms with E-state index in [4.69, 9.17) is 16.3 Å². The molecule has 1 amide bonds. The molecule has 1 aliphatic carbocycles. The number of pyridine rings is 1. The lowest BCUT2D eigenvalue weighted by molar-refractivity contribution is -0.153. The molecular formula is C16H19ClN2O3. The van der Waals surface area contributed by atoms with Crippen molar-refractivity contribution in [1.29, 1.82) is 0 Å². The molecule has 0 saturated heterocycles. The number of anilines is 1. The van der Waals surface area contributed by atoms with E-state index >= 15 is 0 Å². The fourth-order valence-corrected chi connectivity index (χ4v) is 3.47. The van der Waals surface area contributed by atoms with Gasteiger partial charge in [-0.05, 0) is 45.2 Å². The summed E-state index contributed by atoms with van der Waals surface area (Å²) < 4.78 is 5.33. The van der Waals surface area contributed by atoms with Crippen molar-refractivity contribution in [3.8, 4) is 0 Å². The minimum atomic E-state index is -0.588. The van der Waals surface area contributed by atoms with Crippen LogP contribution in [0.5, 0.6) is 0 Å². The van der Waals surface area contributed by atoms with Crippen molar-refractivity contribution < 1.29 is 14.3 Å². The average Bonchev–Trinajstić information content (AvgIpc) is 2.57. The van der Waals surface area contributed by atoms with Gasteiger partial charge >= 0.3 is 5.97 Å². The van der Waals surface area contributed by atoms with E-state index in [2.05, 4.69) is 4.98 Å².